The molecule has 0 radical (unpaired) electrons. The molecule has 1 aromatic carbocycles. The number of hydrogen-bond donors (Lipinski definition) is 1. The van der Waals surface area contributed by atoms with Gasteiger partial charge in [-0.15, -0.1) is 0 Å². The highest BCUT2D eigenvalue weighted by Crippen LogP contribution is 2.36. The number of benzene rings is 1. The predicted octanol–water partition coefficient (Wildman–Crippen LogP) is 4.64. The molecule has 0 spiro atoms. The van der Waals surface area contributed by atoms with E-state index in [-0.39, 0.29) is 6.04 Å². The minimum atomic E-state index is 0.290. The molecule has 0 aliphatic heterocycles. The van der Waals surface area contributed by atoms with Crippen molar-refractivity contribution >= 4 is 26.9 Å². The predicted molar refractivity (Wildman–Crippen MR) is 77.7 cm³/mol. The van der Waals surface area contributed by atoms with Gasteiger partial charge in [-0.25, -0.2) is 0 Å². The average Bonchev–Trinajstić information content (AvgIpc) is 2.96. The van der Waals surface area contributed by atoms with Crippen LogP contribution in [0.3, 0.4) is 0 Å². The number of nitrogens with one attached hydrogen (secondary N) is 1. The van der Waals surface area contributed by atoms with Crippen LogP contribution < -0.4 is 5.32 Å². The van der Waals surface area contributed by atoms with Gasteiger partial charge in [-0.2, -0.15) is 0 Å². The van der Waals surface area contributed by atoms with Gasteiger partial charge in [0.15, 0.2) is 0 Å². The minimum absolute atomic E-state index is 0.290. The van der Waals surface area contributed by atoms with Crippen molar-refractivity contribution in [3.63, 3.8) is 0 Å². The zero-order valence-corrected chi connectivity index (χ0v) is 12.3. The van der Waals surface area contributed by atoms with Gasteiger partial charge in [-0.3, -0.25) is 0 Å². The first-order chi connectivity index (χ1) is 8.67. The van der Waals surface area contributed by atoms with Gasteiger partial charge in [0.1, 0.15) is 11.3 Å². The van der Waals surface area contributed by atoms with Gasteiger partial charge in [-0.05, 0) is 43.5 Å². The van der Waals surface area contributed by atoms with Crippen molar-refractivity contribution in [3.05, 3.63) is 34.5 Å². The van der Waals surface area contributed by atoms with Crippen LogP contribution in [0.15, 0.2) is 33.2 Å². The van der Waals surface area contributed by atoms with Gasteiger partial charge in [0.2, 0.25) is 0 Å². The van der Waals surface area contributed by atoms with E-state index in [0.717, 1.165) is 27.1 Å². The summed E-state index contributed by atoms with van der Waals surface area (Å²) in [6.45, 7) is 4.44. The van der Waals surface area contributed by atoms with Crippen LogP contribution >= 0.6 is 15.9 Å². The number of hydrogen-bond acceptors (Lipinski definition) is 2. The number of fused-ring (bicyclic) bond motifs is 1. The first-order valence-corrected chi connectivity index (χ1v) is 7.41. The third kappa shape index (κ3) is 2.34. The van der Waals surface area contributed by atoms with Crippen LogP contribution in [0.25, 0.3) is 11.0 Å². The molecule has 3 heteroatoms. The molecule has 1 heterocycles. The molecule has 1 saturated carbocycles. The second-order valence-corrected chi connectivity index (χ2v) is 6.15. The summed E-state index contributed by atoms with van der Waals surface area (Å²) >= 11 is 3.49. The Bertz CT molecular complexity index is 563. The van der Waals surface area contributed by atoms with Crippen molar-refractivity contribution in [3.8, 4) is 0 Å². The van der Waals surface area contributed by atoms with Crippen molar-refractivity contribution in [2.45, 2.75) is 38.8 Å². The lowest BCUT2D eigenvalue weighted by molar-refractivity contribution is 0.440. The highest BCUT2D eigenvalue weighted by Gasteiger charge is 2.36. The summed E-state index contributed by atoms with van der Waals surface area (Å²) in [6.07, 6.45) is 2.59. The molecule has 3 unspecified atom stereocenters. The Morgan fingerprint density at radius 1 is 1.44 bits per heavy atom. The normalized spacial score (nSPS) is 24.4. The van der Waals surface area contributed by atoms with Gasteiger partial charge in [0.25, 0.3) is 0 Å². The maximum Gasteiger partial charge on any atom is 0.134 e. The first-order valence-electron chi connectivity index (χ1n) is 6.62. The van der Waals surface area contributed by atoms with Crippen molar-refractivity contribution in [1.82, 2.24) is 5.32 Å². The second-order valence-electron chi connectivity index (χ2n) is 5.23. The van der Waals surface area contributed by atoms with E-state index in [1.54, 1.807) is 0 Å². The van der Waals surface area contributed by atoms with Crippen LogP contribution in [0.4, 0.5) is 0 Å². The summed E-state index contributed by atoms with van der Waals surface area (Å²) in [6, 6.07) is 9.24. The Labute approximate surface area is 116 Å². The van der Waals surface area contributed by atoms with Crippen molar-refractivity contribution in [2.24, 2.45) is 5.92 Å². The molecule has 0 bridgehead atoms. The van der Waals surface area contributed by atoms with Gasteiger partial charge >= 0.3 is 0 Å². The number of furan rings is 1. The molecule has 1 aliphatic rings. The van der Waals surface area contributed by atoms with Crippen LogP contribution in [0.2, 0.25) is 0 Å². The highest BCUT2D eigenvalue weighted by atomic mass is 79.9. The van der Waals surface area contributed by atoms with E-state index in [0.29, 0.717) is 6.04 Å². The third-order valence-corrected chi connectivity index (χ3v) is 4.33. The maximum absolute atomic E-state index is 5.90. The monoisotopic (exact) mass is 307 g/mol. The van der Waals surface area contributed by atoms with Crippen LogP contribution in [-0.4, -0.2) is 6.04 Å². The van der Waals surface area contributed by atoms with E-state index in [2.05, 4.69) is 47.2 Å². The zero-order valence-electron chi connectivity index (χ0n) is 10.7. The lowest BCUT2D eigenvalue weighted by atomic mass is 10.2. The van der Waals surface area contributed by atoms with E-state index in [4.69, 9.17) is 4.42 Å². The molecule has 1 fully saturated rings. The summed E-state index contributed by atoms with van der Waals surface area (Å²) in [5, 5.41) is 4.80. The van der Waals surface area contributed by atoms with E-state index >= 15 is 0 Å². The van der Waals surface area contributed by atoms with Crippen molar-refractivity contribution in [2.75, 3.05) is 0 Å². The molecule has 3 atom stereocenters. The fraction of sp³-hybridized carbons (Fsp3) is 0.467. The molecule has 3 rings (SSSR count). The average molecular weight is 308 g/mol. The summed E-state index contributed by atoms with van der Waals surface area (Å²) in [5.41, 5.74) is 0.963. The lowest BCUT2D eigenvalue weighted by Crippen LogP contribution is -2.21. The number of halogens is 1. The zero-order chi connectivity index (χ0) is 12.7. The summed E-state index contributed by atoms with van der Waals surface area (Å²) < 4.78 is 6.99. The molecule has 0 amide bonds. The fourth-order valence-electron chi connectivity index (χ4n) is 2.55. The quantitative estimate of drug-likeness (QED) is 0.890. The van der Waals surface area contributed by atoms with Crippen molar-refractivity contribution in [1.29, 1.82) is 0 Å². The highest BCUT2D eigenvalue weighted by molar-refractivity contribution is 9.10. The molecular weight excluding hydrogens is 290 g/mol. The fourth-order valence-corrected chi connectivity index (χ4v) is 2.93. The largest absolute Gasteiger partial charge is 0.459 e. The van der Waals surface area contributed by atoms with Gasteiger partial charge in [-0.1, -0.05) is 29.3 Å². The minimum Gasteiger partial charge on any atom is -0.459 e. The van der Waals surface area contributed by atoms with Crippen LogP contribution in [0.1, 0.15) is 38.5 Å². The summed E-state index contributed by atoms with van der Waals surface area (Å²) in [5.74, 6) is 1.90. The van der Waals surface area contributed by atoms with Crippen LogP contribution in [0.5, 0.6) is 0 Å². The topological polar surface area (TPSA) is 25.2 Å². The molecular formula is C15H18BrNO. The van der Waals surface area contributed by atoms with Gasteiger partial charge in [0.05, 0.1) is 6.04 Å². The molecule has 0 saturated heterocycles. The van der Waals surface area contributed by atoms with E-state index in [1.807, 2.05) is 12.1 Å². The molecule has 2 aromatic rings. The van der Waals surface area contributed by atoms with E-state index < -0.39 is 0 Å². The maximum atomic E-state index is 5.90. The van der Waals surface area contributed by atoms with Gasteiger partial charge < -0.3 is 9.73 Å². The molecule has 2 nitrogen and oxygen atoms in total. The third-order valence-electron chi connectivity index (χ3n) is 3.84. The van der Waals surface area contributed by atoms with Crippen molar-refractivity contribution < 1.29 is 4.42 Å². The summed E-state index contributed by atoms with van der Waals surface area (Å²) in [4.78, 5) is 0. The Morgan fingerprint density at radius 2 is 2.28 bits per heavy atom. The summed E-state index contributed by atoms with van der Waals surface area (Å²) in [7, 11) is 0. The molecule has 1 aliphatic carbocycles. The molecule has 1 N–H and O–H groups in total. The molecule has 1 aromatic heterocycles. The standard InChI is InChI=1S/C15H18BrNO/c1-3-10-7-13(10)17-9(2)15-8-11-6-12(16)4-5-14(11)18-15/h4-6,8-10,13,17H,3,7H2,1-2H3. The Balaban J connectivity index is 1.77. The molecule has 18 heavy (non-hydrogen) atoms. The van der Waals surface area contributed by atoms with Crippen LogP contribution in [-0.2, 0) is 0 Å². The van der Waals surface area contributed by atoms with E-state index in [1.165, 1.54) is 12.8 Å². The van der Waals surface area contributed by atoms with E-state index in [9.17, 15) is 0 Å². The first kappa shape index (κ1) is 12.2. The molecule has 96 valence electrons. The Kier molecular flexibility index (Phi) is 3.20. The second kappa shape index (κ2) is 4.71. The Hall–Kier alpha value is -0.800. The van der Waals surface area contributed by atoms with Gasteiger partial charge in [0, 0.05) is 15.9 Å². The lowest BCUT2D eigenvalue weighted by Gasteiger charge is -2.10. The number of rotatable bonds is 4. The smallest absolute Gasteiger partial charge is 0.134 e. The van der Waals surface area contributed by atoms with Crippen LogP contribution in [0, 0.1) is 5.92 Å². The SMILES string of the molecule is CCC1CC1NC(C)c1cc2cc(Br)ccc2o1. The Morgan fingerprint density at radius 3 is 3.00 bits per heavy atom.